The molecule has 0 spiro atoms. The first kappa shape index (κ1) is 43.5. The number of aryl methyl sites for hydroxylation is 1. The molecule has 0 bridgehead atoms. The monoisotopic (exact) mass is 753 g/mol. The van der Waals surface area contributed by atoms with Gasteiger partial charge in [-0.1, -0.05) is 76.1 Å². The van der Waals surface area contributed by atoms with Crippen LogP contribution in [0, 0.1) is 12.3 Å². The summed E-state index contributed by atoms with van der Waals surface area (Å²) in [7, 11) is 0. The van der Waals surface area contributed by atoms with Crippen LogP contribution in [0.5, 0.6) is 5.88 Å². The highest BCUT2D eigenvalue weighted by molar-refractivity contribution is 5.68. The summed E-state index contributed by atoms with van der Waals surface area (Å²) >= 11 is 0. The molecular weight excluding hydrogens is 686 g/mol. The molecule has 4 rings (SSSR count). The number of aliphatic hydroxyl groups is 4. The van der Waals surface area contributed by atoms with E-state index in [9.17, 15) is 25.2 Å². The van der Waals surface area contributed by atoms with Gasteiger partial charge in [-0.3, -0.25) is 5.10 Å². The number of nitrogens with zero attached hydrogens (tertiary/aromatic N) is 2. The zero-order valence-corrected chi connectivity index (χ0v) is 33.8. The van der Waals surface area contributed by atoms with Crippen LogP contribution >= 0.6 is 0 Å². The first-order valence-corrected chi connectivity index (χ1v) is 20.0. The third-order valence-electron chi connectivity index (χ3n) is 10.9. The molecule has 302 valence electrons. The maximum Gasteiger partial charge on any atom is 0.410 e. The van der Waals surface area contributed by atoms with Gasteiger partial charge in [-0.2, -0.15) is 0 Å². The van der Waals surface area contributed by atoms with Gasteiger partial charge in [0.25, 0.3) is 0 Å². The van der Waals surface area contributed by atoms with E-state index in [1.165, 1.54) is 24.8 Å². The van der Waals surface area contributed by atoms with Gasteiger partial charge in [-0.05, 0) is 107 Å². The number of carbonyl (C=O) groups excluding carboxylic acids is 1. The van der Waals surface area contributed by atoms with Gasteiger partial charge in [-0.15, -0.1) is 5.10 Å². The number of hydrogen-bond donors (Lipinski definition) is 5. The number of carbonyl (C=O) groups is 1. The minimum Gasteiger partial charge on any atom is -0.444 e. The zero-order chi connectivity index (χ0) is 39.6. The lowest BCUT2D eigenvalue weighted by Gasteiger charge is -2.43. The second-order valence-electron chi connectivity index (χ2n) is 16.9. The van der Waals surface area contributed by atoms with Crippen molar-refractivity contribution in [1.29, 1.82) is 0 Å². The zero-order valence-electron chi connectivity index (χ0n) is 33.8. The van der Waals surface area contributed by atoms with E-state index in [1.54, 1.807) is 0 Å². The van der Waals surface area contributed by atoms with Crippen molar-refractivity contribution in [2.24, 2.45) is 5.41 Å². The van der Waals surface area contributed by atoms with Crippen molar-refractivity contribution in [2.45, 2.75) is 161 Å². The molecule has 1 amide bonds. The van der Waals surface area contributed by atoms with Crippen molar-refractivity contribution in [3.05, 3.63) is 64.4 Å². The minimum absolute atomic E-state index is 0.116. The lowest BCUT2D eigenvalue weighted by atomic mass is 9.70. The highest BCUT2D eigenvalue weighted by Gasteiger charge is 2.45. The van der Waals surface area contributed by atoms with Gasteiger partial charge in [-0.25, -0.2) is 4.79 Å². The van der Waals surface area contributed by atoms with Crippen molar-refractivity contribution in [3.8, 4) is 5.88 Å². The van der Waals surface area contributed by atoms with Crippen LogP contribution in [0.3, 0.4) is 0 Å². The normalized spacial score (nSPS) is 23.3. The predicted molar refractivity (Wildman–Crippen MR) is 211 cm³/mol. The molecular formula is C43H67N3O8. The number of aromatic nitrogens is 2. The highest BCUT2D eigenvalue weighted by atomic mass is 16.7. The SMILES string of the molecule is C=C(CCCCC=Cc1ccc(Cc2c(OC3OC(CO)C(O)C(O)C3O)n[nH]c2C(C)C)c(C)c1)CC1(CCCC)CCN(C(=O)OC(C)(C)C)CC1. The summed E-state index contributed by atoms with van der Waals surface area (Å²) in [5.41, 5.74) is 6.13. The number of rotatable bonds is 17. The average molecular weight is 754 g/mol. The van der Waals surface area contributed by atoms with Crippen molar-refractivity contribution in [3.63, 3.8) is 0 Å². The second kappa shape index (κ2) is 19.6. The molecule has 11 heteroatoms. The molecule has 1 aromatic carbocycles. The number of H-pyrrole nitrogens is 1. The number of hydrogen-bond acceptors (Lipinski definition) is 9. The predicted octanol–water partition coefficient (Wildman–Crippen LogP) is 7.34. The fourth-order valence-corrected chi connectivity index (χ4v) is 7.63. The molecule has 3 heterocycles. The maximum absolute atomic E-state index is 12.7. The average Bonchev–Trinajstić information content (AvgIpc) is 3.51. The third kappa shape index (κ3) is 11.9. The highest BCUT2D eigenvalue weighted by Crippen LogP contribution is 2.43. The summed E-state index contributed by atoms with van der Waals surface area (Å²) in [5, 5.41) is 47.9. The largest absolute Gasteiger partial charge is 0.444 e. The van der Waals surface area contributed by atoms with Crippen LogP contribution in [0.15, 0.2) is 36.4 Å². The Balaban J connectivity index is 1.27. The van der Waals surface area contributed by atoms with Crippen LogP contribution in [0.2, 0.25) is 0 Å². The van der Waals surface area contributed by atoms with E-state index in [2.05, 4.69) is 74.8 Å². The number of piperidine rings is 1. The number of allylic oxidation sites excluding steroid dienone is 2. The standard InChI is InChI=1S/C43H67N3O8/c1-9-10-19-43(20-22-46(23-21-43)41(51)54-42(6,7)8)26-29(4)15-13-11-12-14-16-31-17-18-32(30(5)24-31)25-33-35(28(2)3)44-45-39(33)53-40-38(50)37(49)36(48)34(27-47)52-40/h14,16-18,24,28,34,36-38,40,47-50H,4,9-13,15,19-23,25-27H2,1-3,5-8H3,(H,44,45). The van der Waals surface area contributed by atoms with E-state index in [0.29, 0.717) is 6.42 Å². The Hall–Kier alpha value is -3.22. The maximum atomic E-state index is 12.7. The van der Waals surface area contributed by atoms with Crippen molar-refractivity contribution >= 4 is 12.2 Å². The summed E-state index contributed by atoms with van der Waals surface area (Å²) in [6.45, 7) is 19.6. The van der Waals surface area contributed by atoms with Crippen LogP contribution in [-0.2, 0) is 15.9 Å². The second-order valence-corrected chi connectivity index (χ2v) is 16.9. The van der Waals surface area contributed by atoms with Crippen LogP contribution < -0.4 is 4.74 Å². The van der Waals surface area contributed by atoms with Gasteiger partial charge in [0.1, 0.15) is 30.0 Å². The molecule has 2 fully saturated rings. The Morgan fingerprint density at radius 2 is 1.85 bits per heavy atom. The van der Waals surface area contributed by atoms with E-state index < -0.39 is 42.9 Å². The molecule has 2 saturated heterocycles. The van der Waals surface area contributed by atoms with Crippen molar-refractivity contribution in [2.75, 3.05) is 19.7 Å². The summed E-state index contributed by atoms with van der Waals surface area (Å²) in [4.78, 5) is 14.5. The lowest BCUT2D eigenvalue weighted by Crippen LogP contribution is -2.60. The fraction of sp³-hybridized carbons (Fsp3) is 0.674. The Bertz CT molecular complexity index is 1540. The van der Waals surface area contributed by atoms with E-state index in [1.807, 2.05) is 25.7 Å². The number of benzene rings is 1. The molecule has 5 atom stereocenters. The summed E-state index contributed by atoms with van der Waals surface area (Å²) in [5.74, 6) is 0.360. The Labute approximate surface area is 322 Å². The number of amides is 1. The minimum atomic E-state index is -1.54. The molecule has 2 aromatic rings. The molecule has 5 N–H and O–H groups in total. The number of ether oxygens (including phenoxy) is 3. The fourth-order valence-electron chi connectivity index (χ4n) is 7.63. The molecule has 54 heavy (non-hydrogen) atoms. The molecule has 1 aromatic heterocycles. The number of nitrogens with one attached hydrogen (secondary N) is 1. The lowest BCUT2D eigenvalue weighted by molar-refractivity contribution is -0.278. The van der Waals surface area contributed by atoms with E-state index in [0.717, 1.165) is 86.0 Å². The van der Waals surface area contributed by atoms with Gasteiger partial charge in [0.15, 0.2) is 0 Å². The number of aromatic amines is 1. The molecule has 0 saturated carbocycles. The van der Waals surface area contributed by atoms with Gasteiger partial charge < -0.3 is 39.5 Å². The Morgan fingerprint density at radius 1 is 1.13 bits per heavy atom. The first-order chi connectivity index (χ1) is 25.6. The van der Waals surface area contributed by atoms with Crippen molar-refractivity contribution in [1.82, 2.24) is 15.1 Å². The van der Waals surface area contributed by atoms with E-state index in [4.69, 9.17) is 14.2 Å². The van der Waals surface area contributed by atoms with Crippen molar-refractivity contribution < 1.29 is 39.4 Å². The molecule has 2 aliphatic heterocycles. The van der Waals surface area contributed by atoms with Gasteiger partial charge in [0.05, 0.1) is 6.61 Å². The molecule has 2 aliphatic rings. The topological polar surface area (TPSA) is 158 Å². The molecule has 0 aliphatic carbocycles. The summed E-state index contributed by atoms with van der Waals surface area (Å²) < 4.78 is 17.2. The molecule has 5 unspecified atom stereocenters. The quantitative estimate of drug-likeness (QED) is 0.0824. The van der Waals surface area contributed by atoms with E-state index >= 15 is 0 Å². The van der Waals surface area contributed by atoms with Gasteiger partial charge in [0.2, 0.25) is 12.2 Å². The summed E-state index contributed by atoms with van der Waals surface area (Å²) in [6, 6.07) is 6.39. The smallest absolute Gasteiger partial charge is 0.410 e. The van der Waals surface area contributed by atoms with Crippen LogP contribution in [0.1, 0.15) is 140 Å². The van der Waals surface area contributed by atoms with Gasteiger partial charge in [0, 0.05) is 30.8 Å². The summed E-state index contributed by atoms with van der Waals surface area (Å²) in [6.07, 6.45) is 8.66. The van der Waals surface area contributed by atoms with Crippen LogP contribution in [0.25, 0.3) is 6.08 Å². The number of likely N-dealkylation sites (tertiary alicyclic amines) is 1. The first-order valence-electron chi connectivity index (χ1n) is 20.0. The Kier molecular flexibility index (Phi) is 15.8. The third-order valence-corrected chi connectivity index (χ3v) is 10.9. The van der Waals surface area contributed by atoms with E-state index in [-0.39, 0.29) is 23.3 Å². The van der Waals surface area contributed by atoms with Crippen LogP contribution in [0.4, 0.5) is 4.79 Å². The number of aliphatic hydroxyl groups excluding tert-OH is 4. The Morgan fingerprint density at radius 3 is 2.48 bits per heavy atom. The van der Waals surface area contributed by atoms with Crippen LogP contribution in [-0.4, -0.2) is 97.6 Å². The molecule has 11 nitrogen and oxygen atoms in total. The van der Waals surface area contributed by atoms with Gasteiger partial charge >= 0.3 is 6.09 Å². The number of unbranched alkanes of at least 4 members (excludes halogenated alkanes) is 3. The molecule has 0 radical (unpaired) electrons.